The standard InChI is InChI=1S/C17H19NO2/c1-3-9-15(10-4-1)19-17(18-13-7-8-14-18)20-16-11-5-2-6-12-16/h1-6,9-12,17H,7-8,13-14H2. The maximum atomic E-state index is 6.01. The van der Waals surface area contributed by atoms with Crippen molar-refractivity contribution in [3.63, 3.8) is 0 Å². The number of para-hydroxylation sites is 2. The van der Waals surface area contributed by atoms with Crippen LogP contribution in [0.3, 0.4) is 0 Å². The first kappa shape index (κ1) is 13.0. The van der Waals surface area contributed by atoms with E-state index in [1.807, 2.05) is 60.7 Å². The second-order valence-corrected chi connectivity index (χ2v) is 4.91. The molecule has 0 aromatic heterocycles. The van der Waals surface area contributed by atoms with Crippen LogP contribution in [0.15, 0.2) is 60.7 Å². The van der Waals surface area contributed by atoms with Gasteiger partial charge in [-0.15, -0.1) is 0 Å². The average Bonchev–Trinajstić information content (AvgIpc) is 3.03. The van der Waals surface area contributed by atoms with Crippen LogP contribution in [0.1, 0.15) is 12.8 Å². The van der Waals surface area contributed by atoms with Crippen LogP contribution >= 0.6 is 0 Å². The summed E-state index contributed by atoms with van der Waals surface area (Å²) in [7, 11) is 0. The molecular weight excluding hydrogens is 250 g/mol. The Morgan fingerprint density at radius 2 is 1.15 bits per heavy atom. The Morgan fingerprint density at radius 1 is 0.700 bits per heavy atom. The molecule has 0 N–H and O–H groups in total. The van der Waals surface area contributed by atoms with Crippen molar-refractivity contribution in [1.29, 1.82) is 0 Å². The quantitative estimate of drug-likeness (QED) is 0.775. The van der Waals surface area contributed by atoms with Gasteiger partial charge in [0.1, 0.15) is 11.5 Å². The number of hydrogen-bond donors (Lipinski definition) is 0. The summed E-state index contributed by atoms with van der Waals surface area (Å²) in [6.45, 7) is 2.04. The minimum atomic E-state index is -0.359. The molecule has 3 rings (SSSR count). The second-order valence-electron chi connectivity index (χ2n) is 4.91. The average molecular weight is 269 g/mol. The number of likely N-dealkylation sites (tertiary alicyclic amines) is 1. The molecule has 0 aliphatic carbocycles. The van der Waals surface area contributed by atoms with E-state index in [0.717, 1.165) is 24.6 Å². The molecule has 20 heavy (non-hydrogen) atoms. The largest absolute Gasteiger partial charge is 0.442 e. The lowest BCUT2D eigenvalue weighted by atomic mass is 10.3. The Kier molecular flexibility index (Phi) is 4.19. The van der Waals surface area contributed by atoms with E-state index < -0.39 is 0 Å². The molecule has 1 saturated heterocycles. The fourth-order valence-electron chi connectivity index (χ4n) is 2.36. The highest BCUT2D eigenvalue weighted by Crippen LogP contribution is 2.20. The van der Waals surface area contributed by atoms with E-state index in [1.165, 1.54) is 12.8 Å². The van der Waals surface area contributed by atoms with Crippen molar-refractivity contribution in [2.75, 3.05) is 13.1 Å². The first-order valence-corrected chi connectivity index (χ1v) is 7.09. The zero-order valence-corrected chi connectivity index (χ0v) is 11.4. The van der Waals surface area contributed by atoms with Crippen LogP contribution in [0.5, 0.6) is 11.5 Å². The van der Waals surface area contributed by atoms with Gasteiger partial charge in [0.15, 0.2) is 0 Å². The van der Waals surface area contributed by atoms with Crippen LogP contribution < -0.4 is 9.47 Å². The minimum absolute atomic E-state index is 0.359. The summed E-state index contributed by atoms with van der Waals surface area (Å²) in [5.41, 5.74) is 0. The van der Waals surface area contributed by atoms with E-state index in [9.17, 15) is 0 Å². The summed E-state index contributed by atoms with van der Waals surface area (Å²) in [5, 5.41) is 0. The fraction of sp³-hybridized carbons (Fsp3) is 0.294. The van der Waals surface area contributed by atoms with Crippen LogP contribution in [-0.2, 0) is 0 Å². The van der Waals surface area contributed by atoms with Crippen LogP contribution in [0.2, 0.25) is 0 Å². The molecule has 3 nitrogen and oxygen atoms in total. The first-order chi connectivity index (χ1) is 9.92. The maximum Gasteiger partial charge on any atom is 0.304 e. The lowest BCUT2D eigenvalue weighted by Crippen LogP contribution is -2.42. The minimum Gasteiger partial charge on any atom is -0.442 e. The first-order valence-electron chi connectivity index (χ1n) is 7.09. The number of nitrogens with zero attached hydrogens (tertiary/aromatic N) is 1. The van der Waals surface area contributed by atoms with E-state index in [1.54, 1.807) is 0 Å². The van der Waals surface area contributed by atoms with Crippen molar-refractivity contribution in [1.82, 2.24) is 4.90 Å². The number of ether oxygens (including phenoxy) is 2. The second kappa shape index (κ2) is 6.44. The highest BCUT2D eigenvalue weighted by Gasteiger charge is 2.25. The highest BCUT2D eigenvalue weighted by molar-refractivity contribution is 5.23. The molecule has 1 aliphatic rings. The van der Waals surface area contributed by atoms with Crippen molar-refractivity contribution >= 4 is 0 Å². The molecule has 0 spiro atoms. The van der Waals surface area contributed by atoms with Crippen molar-refractivity contribution < 1.29 is 9.47 Å². The summed E-state index contributed by atoms with van der Waals surface area (Å²) in [6, 6.07) is 19.7. The van der Waals surface area contributed by atoms with Crippen LogP contribution in [0, 0.1) is 0 Å². The van der Waals surface area contributed by atoms with Crippen LogP contribution in [-0.4, -0.2) is 24.4 Å². The third-order valence-corrected chi connectivity index (χ3v) is 3.40. The van der Waals surface area contributed by atoms with Gasteiger partial charge in [0.25, 0.3) is 0 Å². The fourth-order valence-corrected chi connectivity index (χ4v) is 2.36. The zero-order chi connectivity index (χ0) is 13.6. The lowest BCUT2D eigenvalue weighted by Gasteiger charge is -2.28. The van der Waals surface area contributed by atoms with Crippen molar-refractivity contribution in [3.8, 4) is 11.5 Å². The number of hydrogen-bond acceptors (Lipinski definition) is 3. The van der Waals surface area contributed by atoms with E-state index in [0.29, 0.717) is 0 Å². The van der Waals surface area contributed by atoms with Gasteiger partial charge in [0.05, 0.1) is 0 Å². The van der Waals surface area contributed by atoms with Gasteiger partial charge in [-0.1, -0.05) is 36.4 Å². The molecule has 0 amide bonds. The molecule has 1 fully saturated rings. The van der Waals surface area contributed by atoms with Crippen molar-refractivity contribution in [2.45, 2.75) is 19.3 Å². The molecule has 0 bridgehead atoms. The van der Waals surface area contributed by atoms with Gasteiger partial charge >= 0.3 is 6.41 Å². The molecule has 0 saturated carbocycles. The summed E-state index contributed by atoms with van der Waals surface area (Å²) < 4.78 is 12.0. The van der Waals surface area contributed by atoms with Crippen molar-refractivity contribution in [2.24, 2.45) is 0 Å². The summed E-state index contributed by atoms with van der Waals surface area (Å²) in [6.07, 6.45) is 2.04. The van der Waals surface area contributed by atoms with Gasteiger partial charge in [-0.2, -0.15) is 0 Å². The molecule has 0 unspecified atom stereocenters. The third-order valence-electron chi connectivity index (χ3n) is 3.40. The Bertz CT molecular complexity index is 468. The van der Waals surface area contributed by atoms with E-state index in [-0.39, 0.29) is 6.41 Å². The molecule has 0 radical (unpaired) electrons. The summed E-state index contributed by atoms with van der Waals surface area (Å²) in [5.74, 6) is 1.67. The molecule has 0 atom stereocenters. The lowest BCUT2D eigenvalue weighted by molar-refractivity contribution is -0.106. The maximum absolute atomic E-state index is 6.01. The molecular formula is C17H19NO2. The molecule has 2 aromatic carbocycles. The van der Waals surface area contributed by atoms with E-state index in [2.05, 4.69) is 4.90 Å². The van der Waals surface area contributed by atoms with Gasteiger partial charge < -0.3 is 9.47 Å². The van der Waals surface area contributed by atoms with Crippen LogP contribution in [0.25, 0.3) is 0 Å². The molecule has 104 valence electrons. The van der Waals surface area contributed by atoms with Gasteiger partial charge in [0.2, 0.25) is 0 Å². The Labute approximate surface area is 119 Å². The van der Waals surface area contributed by atoms with Gasteiger partial charge in [-0.05, 0) is 37.1 Å². The molecule has 1 aliphatic heterocycles. The Balaban J connectivity index is 1.73. The van der Waals surface area contributed by atoms with Crippen molar-refractivity contribution in [3.05, 3.63) is 60.7 Å². The molecule has 1 heterocycles. The highest BCUT2D eigenvalue weighted by atomic mass is 16.7. The van der Waals surface area contributed by atoms with Gasteiger partial charge in [0, 0.05) is 13.1 Å². The topological polar surface area (TPSA) is 21.7 Å². The Hall–Kier alpha value is -2.00. The predicted molar refractivity (Wildman–Crippen MR) is 78.7 cm³/mol. The van der Waals surface area contributed by atoms with E-state index >= 15 is 0 Å². The van der Waals surface area contributed by atoms with E-state index in [4.69, 9.17) is 9.47 Å². The monoisotopic (exact) mass is 269 g/mol. The van der Waals surface area contributed by atoms with Gasteiger partial charge in [-0.3, -0.25) is 0 Å². The van der Waals surface area contributed by atoms with Crippen LogP contribution in [0.4, 0.5) is 0 Å². The predicted octanol–water partition coefficient (Wildman–Crippen LogP) is 3.52. The summed E-state index contributed by atoms with van der Waals surface area (Å²) in [4.78, 5) is 2.24. The molecule has 3 heteroatoms. The Morgan fingerprint density at radius 3 is 1.60 bits per heavy atom. The van der Waals surface area contributed by atoms with Gasteiger partial charge in [-0.25, -0.2) is 4.90 Å². The number of benzene rings is 2. The summed E-state index contributed by atoms with van der Waals surface area (Å²) >= 11 is 0. The SMILES string of the molecule is c1ccc(OC(Oc2ccccc2)N2CCCC2)cc1. The molecule has 2 aromatic rings. The normalized spacial score (nSPS) is 15.4. The third kappa shape index (κ3) is 3.31. The number of rotatable bonds is 5. The smallest absolute Gasteiger partial charge is 0.304 e. The zero-order valence-electron chi connectivity index (χ0n) is 11.4.